The van der Waals surface area contributed by atoms with Crippen molar-refractivity contribution in [2.75, 3.05) is 19.8 Å². The number of hydrogen-bond acceptors (Lipinski definition) is 3. The van der Waals surface area contributed by atoms with Gasteiger partial charge in [0.2, 0.25) is 0 Å². The molecule has 0 heterocycles. The van der Waals surface area contributed by atoms with Crippen molar-refractivity contribution in [3.05, 3.63) is 42.5 Å². The van der Waals surface area contributed by atoms with E-state index < -0.39 is 0 Å². The smallest absolute Gasteiger partial charge is 0.124 e. The van der Waals surface area contributed by atoms with Gasteiger partial charge in [-0.25, -0.2) is 0 Å². The third-order valence-electron chi connectivity index (χ3n) is 3.74. The van der Waals surface area contributed by atoms with Crippen LogP contribution in [0.25, 0.3) is 0 Å². The van der Waals surface area contributed by atoms with Gasteiger partial charge in [-0.2, -0.15) is 0 Å². The van der Waals surface area contributed by atoms with Crippen molar-refractivity contribution in [2.24, 2.45) is 5.41 Å². The number of para-hydroxylation sites is 1. The standard InChI is InChI=1S/C16H23NO2/c1-2-11-19-15-6-4-3-5-14(15)12-17-13-16(7-8-16)9-10-18/h2-6,17-18H,1,7-13H2. The van der Waals surface area contributed by atoms with Gasteiger partial charge in [0.15, 0.2) is 0 Å². The van der Waals surface area contributed by atoms with Crippen LogP contribution in [0, 0.1) is 5.41 Å². The molecule has 1 aliphatic rings. The number of benzene rings is 1. The van der Waals surface area contributed by atoms with Crippen LogP contribution in [0.2, 0.25) is 0 Å². The van der Waals surface area contributed by atoms with E-state index in [9.17, 15) is 0 Å². The van der Waals surface area contributed by atoms with Gasteiger partial charge < -0.3 is 15.2 Å². The summed E-state index contributed by atoms with van der Waals surface area (Å²) in [6, 6.07) is 8.08. The summed E-state index contributed by atoms with van der Waals surface area (Å²) in [6.45, 7) is 6.27. The average Bonchev–Trinajstić information content (AvgIpc) is 3.18. The first kappa shape index (κ1) is 14.1. The summed E-state index contributed by atoms with van der Waals surface area (Å²) in [6.07, 6.45) is 5.13. The van der Waals surface area contributed by atoms with E-state index in [0.717, 1.165) is 25.3 Å². The predicted octanol–water partition coefficient (Wildman–Crippen LogP) is 2.50. The summed E-state index contributed by atoms with van der Waals surface area (Å²) in [5.74, 6) is 0.918. The molecule has 1 aromatic rings. The Morgan fingerprint density at radius 2 is 2.16 bits per heavy atom. The largest absolute Gasteiger partial charge is 0.489 e. The SMILES string of the molecule is C=CCOc1ccccc1CNCC1(CCO)CC1. The van der Waals surface area contributed by atoms with Crippen LogP contribution in [0.5, 0.6) is 5.75 Å². The molecular formula is C16H23NO2. The molecule has 0 unspecified atom stereocenters. The van der Waals surface area contributed by atoms with Gasteiger partial charge in [0, 0.05) is 25.3 Å². The highest BCUT2D eigenvalue weighted by molar-refractivity contribution is 5.33. The first-order chi connectivity index (χ1) is 9.29. The zero-order chi connectivity index (χ0) is 13.6. The third-order valence-corrected chi connectivity index (χ3v) is 3.74. The van der Waals surface area contributed by atoms with Crippen LogP contribution in [-0.2, 0) is 6.54 Å². The molecule has 1 saturated carbocycles. The summed E-state index contributed by atoms with van der Waals surface area (Å²) >= 11 is 0. The number of ether oxygens (including phenoxy) is 1. The molecule has 104 valence electrons. The monoisotopic (exact) mass is 261 g/mol. The molecule has 3 nitrogen and oxygen atoms in total. The minimum atomic E-state index is 0.292. The van der Waals surface area contributed by atoms with Crippen molar-refractivity contribution in [1.82, 2.24) is 5.32 Å². The van der Waals surface area contributed by atoms with Crippen LogP contribution < -0.4 is 10.1 Å². The lowest BCUT2D eigenvalue weighted by Crippen LogP contribution is -2.24. The van der Waals surface area contributed by atoms with Crippen molar-refractivity contribution >= 4 is 0 Å². The zero-order valence-electron chi connectivity index (χ0n) is 11.4. The van der Waals surface area contributed by atoms with Crippen LogP contribution in [0.15, 0.2) is 36.9 Å². The molecule has 2 N–H and O–H groups in total. The summed E-state index contributed by atoms with van der Waals surface area (Å²) in [4.78, 5) is 0. The molecule has 0 radical (unpaired) electrons. The van der Waals surface area contributed by atoms with Crippen LogP contribution in [0.3, 0.4) is 0 Å². The Morgan fingerprint density at radius 1 is 1.37 bits per heavy atom. The molecule has 0 spiro atoms. The van der Waals surface area contributed by atoms with E-state index in [1.807, 2.05) is 18.2 Å². The minimum absolute atomic E-state index is 0.292. The fourth-order valence-electron chi connectivity index (χ4n) is 2.33. The molecule has 0 aromatic heterocycles. The lowest BCUT2D eigenvalue weighted by Gasteiger charge is -2.16. The van der Waals surface area contributed by atoms with Crippen LogP contribution >= 0.6 is 0 Å². The number of aliphatic hydroxyl groups is 1. The number of aliphatic hydroxyl groups excluding tert-OH is 1. The Morgan fingerprint density at radius 3 is 2.84 bits per heavy atom. The molecule has 0 bridgehead atoms. The van der Waals surface area contributed by atoms with Crippen LogP contribution in [0.1, 0.15) is 24.8 Å². The van der Waals surface area contributed by atoms with Crippen LogP contribution in [0.4, 0.5) is 0 Å². The number of hydrogen-bond donors (Lipinski definition) is 2. The highest BCUT2D eigenvalue weighted by Crippen LogP contribution is 2.47. The topological polar surface area (TPSA) is 41.5 Å². The maximum atomic E-state index is 9.04. The van der Waals surface area contributed by atoms with E-state index in [2.05, 4.69) is 18.0 Å². The van der Waals surface area contributed by atoms with Crippen molar-refractivity contribution in [3.8, 4) is 5.75 Å². The van der Waals surface area contributed by atoms with E-state index in [0.29, 0.717) is 18.6 Å². The molecule has 0 amide bonds. The summed E-state index contributed by atoms with van der Waals surface area (Å²) in [5.41, 5.74) is 1.52. The lowest BCUT2D eigenvalue weighted by atomic mass is 10.0. The van der Waals surface area contributed by atoms with Gasteiger partial charge in [-0.05, 0) is 30.7 Å². The van der Waals surface area contributed by atoms with Gasteiger partial charge in [-0.3, -0.25) is 0 Å². The van der Waals surface area contributed by atoms with E-state index in [4.69, 9.17) is 9.84 Å². The van der Waals surface area contributed by atoms with Gasteiger partial charge in [-0.15, -0.1) is 0 Å². The molecule has 1 aromatic carbocycles. The van der Waals surface area contributed by atoms with Gasteiger partial charge >= 0.3 is 0 Å². The third kappa shape index (κ3) is 4.08. The van der Waals surface area contributed by atoms with E-state index in [1.54, 1.807) is 6.08 Å². The number of rotatable bonds is 9. The second-order valence-corrected chi connectivity index (χ2v) is 5.28. The summed E-state index contributed by atoms with van der Waals surface area (Å²) in [5, 5.41) is 12.5. The Balaban J connectivity index is 1.83. The average molecular weight is 261 g/mol. The molecule has 0 aliphatic heterocycles. The Hall–Kier alpha value is -1.32. The highest BCUT2D eigenvalue weighted by Gasteiger charge is 2.41. The first-order valence-corrected chi connectivity index (χ1v) is 6.93. The van der Waals surface area contributed by atoms with Crippen molar-refractivity contribution in [2.45, 2.75) is 25.8 Å². The quantitative estimate of drug-likeness (QED) is 0.671. The molecular weight excluding hydrogens is 238 g/mol. The fourth-order valence-corrected chi connectivity index (χ4v) is 2.33. The van der Waals surface area contributed by atoms with Crippen molar-refractivity contribution in [1.29, 1.82) is 0 Å². The summed E-state index contributed by atoms with van der Waals surface area (Å²) in [7, 11) is 0. The fraction of sp³-hybridized carbons (Fsp3) is 0.500. The predicted molar refractivity (Wildman–Crippen MR) is 77.2 cm³/mol. The maximum Gasteiger partial charge on any atom is 0.124 e. The molecule has 3 heteroatoms. The Kier molecular flexibility index (Phi) is 5.00. The van der Waals surface area contributed by atoms with Gasteiger partial charge in [-0.1, -0.05) is 30.9 Å². The number of nitrogens with one attached hydrogen (secondary N) is 1. The highest BCUT2D eigenvalue weighted by atomic mass is 16.5. The molecule has 2 rings (SSSR count). The molecule has 1 aliphatic carbocycles. The lowest BCUT2D eigenvalue weighted by molar-refractivity contribution is 0.245. The Labute approximate surface area is 115 Å². The molecule has 19 heavy (non-hydrogen) atoms. The molecule has 0 saturated heterocycles. The second kappa shape index (κ2) is 6.73. The second-order valence-electron chi connectivity index (χ2n) is 5.28. The zero-order valence-corrected chi connectivity index (χ0v) is 11.4. The van der Waals surface area contributed by atoms with E-state index >= 15 is 0 Å². The van der Waals surface area contributed by atoms with Gasteiger partial charge in [0.1, 0.15) is 12.4 Å². The molecule has 0 atom stereocenters. The Bertz CT molecular complexity index is 413. The van der Waals surface area contributed by atoms with E-state index in [-0.39, 0.29) is 0 Å². The maximum absolute atomic E-state index is 9.04. The van der Waals surface area contributed by atoms with Crippen molar-refractivity contribution in [3.63, 3.8) is 0 Å². The van der Waals surface area contributed by atoms with Gasteiger partial charge in [0.25, 0.3) is 0 Å². The minimum Gasteiger partial charge on any atom is -0.489 e. The summed E-state index contributed by atoms with van der Waals surface area (Å²) < 4.78 is 5.63. The van der Waals surface area contributed by atoms with Crippen molar-refractivity contribution < 1.29 is 9.84 Å². The van der Waals surface area contributed by atoms with E-state index in [1.165, 1.54) is 18.4 Å². The first-order valence-electron chi connectivity index (χ1n) is 6.93. The molecule has 1 fully saturated rings. The van der Waals surface area contributed by atoms with Crippen LogP contribution in [-0.4, -0.2) is 24.9 Å². The van der Waals surface area contributed by atoms with Gasteiger partial charge in [0.05, 0.1) is 0 Å². The normalized spacial score (nSPS) is 16.1.